The number of likely N-dealkylation sites (N-methyl/N-ethyl adjacent to an activating group) is 1. The number of benzene rings is 2. The quantitative estimate of drug-likeness (QED) is 0.516. The van der Waals surface area contributed by atoms with Gasteiger partial charge >= 0.3 is 12.0 Å². The van der Waals surface area contributed by atoms with E-state index in [1.54, 1.807) is 28.3 Å². The average Bonchev–Trinajstić information content (AvgIpc) is 2.83. The Morgan fingerprint density at radius 1 is 0.971 bits per heavy atom. The van der Waals surface area contributed by atoms with Crippen molar-refractivity contribution in [1.82, 2.24) is 15.5 Å². The summed E-state index contributed by atoms with van der Waals surface area (Å²) >= 11 is 0. The summed E-state index contributed by atoms with van der Waals surface area (Å²) in [5.74, 6) is 1.15. The molecular formula is C25H31N3O6. The van der Waals surface area contributed by atoms with Crippen molar-refractivity contribution < 1.29 is 28.5 Å². The van der Waals surface area contributed by atoms with Crippen LogP contribution in [0.1, 0.15) is 24.1 Å². The van der Waals surface area contributed by atoms with Crippen LogP contribution in [-0.2, 0) is 16.1 Å². The van der Waals surface area contributed by atoms with E-state index in [1.807, 2.05) is 54.4 Å². The molecule has 0 aliphatic carbocycles. The fraction of sp³-hybridized carbons (Fsp3) is 0.360. The number of urea groups is 1. The number of rotatable bonds is 10. The van der Waals surface area contributed by atoms with Crippen molar-refractivity contribution in [1.29, 1.82) is 0 Å². The van der Waals surface area contributed by atoms with Crippen LogP contribution >= 0.6 is 0 Å². The van der Waals surface area contributed by atoms with Crippen molar-refractivity contribution in [3.63, 3.8) is 0 Å². The Balaban J connectivity index is 1.94. The molecule has 3 rings (SSSR count). The Labute approximate surface area is 199 Å². The normalized spacial score (nSPS) is 15.5. The van der Waals surface area contributed by atoms with Crippen LogP contribution in [0.2, 0.25) is 0 Å². The van der Waals surface area contributed by atoms with Crippen LogP contribution in [0.5, 0.6) is 17.2 Å². The molecule has 182 valence electrons. The minimum Gasteiger partial charge on any atom is -0.493 e. The molecule has 0 bridgehead atoms. The predicted molar refractivity (Wildman–Crippen MR) is 127 cm³/mol. The molecule has 2 N–H and O–H groups in total. The number of carbonyl (C=O) groups excluding carboxylic acids is 2. The molecule has 1 aliphatic rings. The van der Waals surface area contributed by atoms with Crippen LogP contribution in [0.4, 0.5) is 4.79 Å². The monoisotopic (exact) mass is 469 g/mol. The van der Waals surface area contributed by atoms with E-state index in [0.29, 0.717) is 41.6 Å². The highest BCUT2D eigenvalue weighted by Crippen LogP contribution is 2.40. The maximum atomic E-state index is 13.0. The zero-order chi connectivity index (χ0) is 24.7. The van der Waals surface area contributed by atoms with Gasteiger partial charge in [-0.3, -0.25) is 4.90 Å². The number of carbonyl (C=O) groups is 2. The van der Waals surface area contributed by atoms with Crippen molar-refractivity contribution in [2.24, 2.45) is 0 Å². The van der Waals surface area contributed by atoms with E-state index < -0.39 is 12.0 Å². The highest BCUT2D eigenvalue weighted by molar-refractivity contribution is 5.95. The fourth-order valence-electron chi connectivity index (χ4n) is 3.99. The molecule has 1 unspecified atom stereocenters. The van der Waals surface area contributed by atoms with Crippen LogP contribution in [0.25, 0.3) is 0 Å². The van der Waals surface area contributed by atoms with Crippen LogP contribution in [0.3, 0.4) is 0 Å². The van der Waals surface area contributed by atoms with Gasteiger partial charge in [0.05, 0.1) is 39.6 Å². The summed E-state index contributed by atoms with van der Waals surface area (Å²) in [6.07, 6.45) is 0. The van der Waals surface area contributed by atoms with Crippen LogP contribution in [-0.4, -0.2) is 58.4 Å². The van der Waals surface area contributed by atoms with E-state index in [9.17, 15) is 9.59 Å². The SMILES string of the molecule is CCOC(=O)C1=C(CN(C)Cc2ccc(OC)c(OC)c2OC)NC(=O)NC1c1ccccc1. The second-order valence-corrected chi connectivity index (χ2v) is 7.72. The van der Waals surface area contributed by atoms with E-state index in [2.05, 4.69) is 10.6 Å². The third-order valence-electron chi connectivity index (χ3n) is 5.44. The summed E-state index contributed by atoms with van der Waals surface area (Å²) in [5, 5.41) is 5.65. The number of hydrogen-bond acceptors (Lipinski definition) is 7. The van der Waals surface area contributed by atoms with Gasteiger partial charge in [-0.1, -0.05) is 36.4 Å². The molecule has 0 aromatic heterocycles. The van der Waals surface area contributed by atoms with Gasteiger partial charge in [0.25, 0.3) is 0 Å². The van der Waals surface area contributed by atoms with Crippen molar-refractivity contribution in [3.8, 4) is 17.2 Å². The molecule has 0 radical (unpaired) electrons. The Morgan fingerprint density at radius 2 is 1.68 bits per heavy atom. The first-order valence-corrected chi connectivity index (χ1v) is 10.9. The van der Waals surface area contributed by atoms with Crippen LogP contribution in [0.15, 0.2) is 53.7 Å². The minimum absolute atomic E-state index is 0.226. The van der Waals surface area contributed by atoms with Crippen molar-refractivity contribution in [2.45, 2.75) is 19.5 Å². The van der Waals surface area contributed by atoms with Crippen LogP contribution in [0, 0.1) is 0 Å². The first-order valence-electron chi connectivity index (χ1n) is 10.9. The lowest BCUT2D eigenvalue weighted by Crippen LogP contribution is -2.48. The topological polar surface area (TPSA) is 98.4 Å². The maximum Gasteiger partial charge on any atom is 0.338 e. The zero-order valence-electron chi connectivity index (χ0n) is 20.1. The highest BCUT2D eigenvalue weighted by atomic mass is 16.5. The number of esters is 1. The minimum atomic E-state index is -0.618. The molecule has 9 heteroatoms. The van der Waals surface area contributed by atoms with Gasteiger partial charge in [0.1, 0.15) is 0 Å². The van der Waals surface area contributed by atoms with Gasteiger partial charge in [0, 0.05) is 24.4 Å². The predicted octanol–water partition coefficient (Wildman–Crippen LogP) is 3.02. The van der Waals surface area contributed by atoms with Crippen molar-refractivity contribution >= 4 is 12.0 Å². The molecule has 2 aromatic rings. The molecule has 0 saturated carbocycles. The summed E-state index contributed by atoms with van der Waals surface area (Å²) in [5.41, 5.74) is 2.51. The molecule has 0 spiro atoms. The number of methoxy groups -OCH3 is 3. The van der Waals surface area contributed by atoms with Gasteiger partial charge in [-0.25, -0.2) is 9.59 Å². The summed E-state index contributed by atoms with van der Waals surface area (Å²) in [6.45, 7) is 2.73. The third-order valence-corrected chi connectivity index (χ3v) is 5.44. The van der Waals surface area contributed by atoms with Gasteiger partial charge in [0.15, 0.2) is 11.5 Å². The van der Waals surface area contributed by atoms with Crippen molar-refractivity contribution in [3.05, 3.63) is 64.9 Å². The molecule has 1 heterocycles. The lowest BCUT2D eigenvalue weighted by Gasteiger charge is -2.31. The number of amides is 2. The van der Waals surface area contributed by atoms with E-state index in [1.165, 1.54) is 0 Å². The molecule has 2 amide bonds. The lowest BCUT2D eigenvalue weighted by molar-refractivity contribution is -0.139. The maximum absolute atomic E-state index is 13.0. The number of hydrogen-bond donors (Lipinski definition) is 2. The molecule has 2 aromatic carbocycles. The van der Waals surface area contributed by atoms with Crippen LogP contribution < -0.4 is 24.8 Å². The molecular weight excluding hydrogens is 438 g/mol. The molecule has 1 atom stereocenters. The smallest absolute Gasteiger partial charge is 0.338 e. The van der Waals surface area contributed by atoms with E-state index in [4.69, 9.17) is 18.9 Å². The Hall–Kier alpha value is -3.72. The van der Waals surface area contributed by atoms with Gasteiger partial charge in [-0.2, -0.15) is 0 Å². The Bertz CT molecular complexity index is 1050. The zero-order valence-corrected chi connectivity index (χ0v) is 20.1. The molecule has 1 aliphatic heterocycles. The van der Waals surface area contributed by atoms with Gasteiger partial charge in [0.2, 0.25) is 5.75 Å². The Kier molecular flexibility index (Phi) is 8.37. The van der Waals surface area contributed by atoms with Gasteiger partial charge < -0.3 is 29.6 Å². The summed E-state index contributed by atoms with van der Waals surface area (Å²) in [6, 6.07) is 12.0. The van der Waals surface area contributed by atoms with Crippen molar-refractivity contribution in [2.75, 3.05) is 41.5 Å². The number of ether oxygens (including phenoxy) is 4. The van der Waals surface area contributed by atoms with Gasteiger partial charge in [-0.05, 0) is 25.6 Å². The molecule has 0 fully saturated rings. The fourth-order valence-corrected chi connectivity index (χ4v) is 3.99. The summed E-state index contributed by atoms with van der Waals surface area (Å²) < 4.78 is 21.8. The average molecular weight is 470 g/mol. The molecule has 0 saturated heterocycles. The van der Waals surface area contributed by atoms with E-state index >= 15 is 0 Å². The number of nitrogens with one attached hydrogen (secondary N) is 2. The van der Waals surface area contributed by atoms with Gasteiger partial charge in [-0.15, -0.1) is 0 Å². The standard InChI is InChI=1S/C25H31N3O6/c1-6-34-24(29)20-18(26-25(30)27-21(20)16-10-8-7-9-11-16)15-28(2)14-17-12-13-19(31-3)23(33-5)22(17)32-4/h7-13,21H,6,14-15H2,1-5H3,(H2,26,27,30). The Morgan fingerprint density at radius 3 is 2.29 bits per heavy atom. The largest absolute Gasteiger partial charge is 0.493 e. The molecule has 9 nitrogen and oxygen atoms in total. The summed E-state index contributed by atoms with van der Waals surface area (Å²) in [4.78, 5) is 27.4. The second kappa shape index (κ2) is 11.4. The highest BCUT2D eigenvalue weighted by Gasteiger charge is 2.34. The molecule has 34 heavy (non-hydrogen) atoms. The van der Waals surface area contributed by atoms with E-state index in [0.717, 1.165) is 11.1 Å². The first kappa shape index (κ1) is 24.9. The second-order valence-electron chi connectivity index (χ2n) is 7.72. The lowest BCUT2D eigenvalue weighted by atomic mass is 9.95. The van der Waals surface area contributed by atoms with E-state index in [-0.39, 0.29) is 12.6 Å². The third kappa shape index (κ3) is 5.43. The first-order chi connectivity index (χ1) is 16.4. The number of nitrogens with zero attached hydrogens (tertiary/aromatic N) is 1. The summed E-state index contributed by atoms with van der Waals surface area (Å²) in [7, 11) is 6.57.